The third kappa shape index (κ3) is 24.0. The molecule has 0 spiro atoms. The highest BCUT2D eigenvalue weighted by Gasteiger charge is 2.25. The molecule has 0 saturated carbocycles. The fraction of sp³-hybridized carbons (Fsp3) is 0.900. The van der Waals surface area contributed by atoms with Gasteiger partial charge in [-0.1, -0.05) is 181 Å². The van der Waals surface area contributed by atoms with E-state index in [2.05, 4.69) is 13.8 Å². The molecular formula is C40H74O4. The van der Waals surface area contributed by atoms with Gasteiger partial charge >= 0.3 is 11.9 Å². The monoisotopic (exact) mass is 619 g/mol. The van der Waals surface area contributed by atoms with Gasteiger partial charge in [0.2, 0.25) is 0 Å². The van der Waals surface area contributed by atoms with E-state index in [1.807, 2.05) is 0 Å². The lowest BCUT2D eigenvalue weighted by Gasteiger charge is -2.18. The van der Waals surface area contributed by atoms with Gasteiger partial charge in [-0.3, -0.25) is 0 Å². The molecule has 1 aliphatic carbocycles. The van der Waals surface area contributed by atoms with Gasteiger partial charge in [0, 0.05) is 11.1 Å². The van der Waals surface area contributed by atoms with Gasteiger partial charge in [0.05, 0.1) is 13.2 Å². The fourth-order valence-corrected chi connectivity index (χ4v) is 6.45. The lowest BCUT2D eigenvalue weighted by molar-refractivity contribution is -0.143. The summed E-state index contributed by atoms with van der Waals surface area (Å²) in [6, 6.07) is 0. The molecule has 0 fully saturated rings. The van der Waals surface area contributed by atoms with Gasteiger partial charge in [-0.25, -0.2) is 9.59 Å². The standard InChI is InChI=1S/C40H74O4/c1-3-5-7-9-11-13-15-17-19-21-23-25-27-31-35-43-39(41)37-33-29-30-34-38(37)40(42)44-36-32-28-26-24-22-20-18-16-14-12-10-8-6-4-2/h3-36H2,1-2H3. The normalized spacial score (nSPS) is 13.4. The van der Waals surface area contributed by atoms with Crippen molar-refractivity contribution in [3.05, 3.63) is 11.1 Å². The highest BCUT2D eigenvalue weighted by atomic mass is 16.5. The zero-order chi connectivity index (χ0) is 31.8. The smallest absolute Gasteiger partial charge is 0.334 e. The Kier molecular flexibility index (Phi) is 29.3. The van der Waals surface area contributed by atoms with Crippen LogP contribution in [0.25, 0.3) is 0 Å². The second-order valence-electron chi connectivity index (χ2n) is 13.6. The topological polar surface area (TPSA) is 52.6 Å². The zero-order valence-electron chi connectivity index (χ0n) is 29.7. The summed E-state index contributed by atoms with van der Waals surface area (Å²) >= 11 is 0. The predicted octanol–water partition coefficient (Wildman–Crippen LogP) is 12.9. The quantitative estimate of drug-likeness (QED) is 0.0556. The van der Waals surface area contributed by atoms with Crippen LogP contribution in [0.5, 0.6) is 0 Å². The molecule has 0 heterocycles. The van der Waals surface area contributed by atoms with E-state index in [0.717, 1.165) is 38.5 Å². The SMILES string of the molecule is CCCCCCCCCCCCCCCCOC(=O)C1=C(C(=O)OCCCCCCCCCCCCCCCC)CCCC1. The van der Waals surface area contributed by atoms with Crippen molar-refractivity contribution in [2.24, 2.45) is 0 Å². The highest BCUT2D eigenvalue weighted by Crippen LogP contribution is 2.27. The van der Waals surface area contributed by atoms with Gasteiger partial charge in [-0.2, -0.15) is 0 Å². The average Bonchev–Trinajstić information content (AvgIpc) is 3.04. The van der Waals surface area contributed by atoms with E-state index in [0.29, 0.717) is 37.2 Å². The van der Waals surface area contributed by atoms with Crippen LogP contribution in [0.2, 0.25) is 0 Å². The van der Waals surface area contributed by atoms with E-state index in [-0.39, 0.29) is 11.9 Å². The largest absolute Gasteiger partial charge is 0.462 e. The molecule has 0 aliphatic heterocycles. The molecule has 0 atom stereocenters. The van der Waals surface area contributed by atoms with Crippen molar-refractivity contribution >= 4 is 11.9 Å². The number of rotatable bonds is 32. The summed E-state index contributed by atoms with van der Waals surface area (Å²) < 4.78 is 11.2. The van der Waals surface area contributed by atoms with Gasteiger partial charge in [0.1, 0.15) is 0 Å². The second kappa shape index (κ2) is 31.7. The first kappa shape index (κ1) is 40.7. The molecular weight excluding hydrogens is 544 g/mol. The van der Waals surface area contributed by atoms with Crippen LogP contribution < -0.4 is 0 Å². The Labute approximate surface area is 274 Å². The van der Waals surface area contributed by atoms with Crippen molar-refractivity contribution in [2.45, 2.75) is 219 Å². The molecule has 0 N–H and O–H groups in total. The molecule has 258 valence electrons. The van der Waals surface area contributed by atoms with E-state index in [4.69, 9.17) is 9.47 Å². The Morgan fingerprint density at radius 2 is 0.614 bits per heavy atom. The first-order valence-corrected chi connectivity index (χ1v) is 19.8. The summed E-state index contributed by atoms with van der Waals surface area (Å²) in [4.78, 5) is 25.5. The number of unbranched alkanes of at least 4 members (excludes halogenated alkanes) is 26. The van der Waals surface area contributed by atoms with E-state index in [1.54, 1.807) is 0 Å². The highest BCUT2D eigenvalue weighted by molar-refractivity contribution is 6.00. The zero-order valence-corrected chi connectivity index (χ0v) is 29.7. The first-order valence-electron chi connectivity index (χ1n) is 19.8. The van der Waals surface area contributed by atoms with Crippen LogP contribution in [0.3, 0.4) is 0 Å². The minimum absolute atomic E-state index is 0.289. The maximum absolute atomic E-state index is 12.8. The molecule has 0 amide bonds. The third-order valence-corrected chi connectivity index (χ3v) is 9.42. The van der Waals surface area contributed by atoms with Crippen molar-refractivity contribution in [3.63, 3.8) is 0 Å². The van der Waals surface area contributed by atoms with Crippen molar-refractivity contribution in [1.29, 1.82) is 0 Å². The maximum atomic E-state index is 12.8. The van der Waals surface area contributed by atoms with Gasteiger partial charge < -0.3 is 9.47 Å². The molecule has 44 heavy (non-hydrogen) atoms. The van der Waals surface area contributed by atoms with Crippen LogP contribution in [0.1, 0.15) is 219 Å². The Balaban J connectivity index is 2.03. The molecule has 0 aromatic rings. The van der Waals surface area contributed by atoms with Gasteiger partial charge in [-0.05, 0) is 38.5 Å². The summed E-state index contributed by atoms with van der Waals surface area (Å²) in [6.07, 6.45) is 39.9. The van der Waals surface area contributed by atoms with E-state index >= 15 is 0 Å². The van der Waals surface area contributed by atoms with Gasteiger partial charge in [0.15, 0.2) is 0 Å². The van der Waals surface area contributed by atoms with E-state index in [1.165, 1.54) is 154 Å². The fourth-order valence-electron chi connectivity index (χ4n) is 6.45. The molecule has 1 aliphatic rings. The Morgan fingerprint density at radius 3 is 0.864 bits per heavy atom. The predicted molar refractivity (Wildman–Crippen MR) is 188 cm³/mol. The molecule has 0 radical (unpaired) electrons. The molecule has 4 nitrogen and oxygen atoms in total. The molecule has 0 unspecified atom stereocenters. The Hall–Kier alpha value is -1.32. The van der Waals surface area contributed by atoms with Gasteiger partial charge in [-0.15, -0.1) is 0 Å². The van der Waals surface area contributed by atoms with Crippen LogP contribution in [-0.2, 0) is 19.1 Å². The van der Waals surface area contributed by atoms with Crippen LogP contribution in [-0.4, -0.2) is 25.2 Å². The van der Waals surface area contributed by atoms with Crippen LogP contribution in [0.15, 0.2) is 11.1 Å². The minimum Gasteiger partial charge on any atom is -0.462 e. The Morgan fingerprint density at radius 1 is 0.386 bits per heavy atom. The molecule has 0 aromatic carbocycles. The number of carbonyl (C=O) groups is 2. The second-order valence-corrected chi connectivity index (χ2v) is 13.6. The molecule has 0 aromatic heterocycles. The van der Waals surface area contributed by atoms with Gasteiger partial charge in [0.25, 0.3) is 0 Å². The third-order valence-electron chi connectivity index (χ3n) is 9.42. The maximum Gasteiger partial charge on any atom is 0.334 e. The molecule has 0 saturated heterocycles. The molecule has 0 bridgehead atoms. The van der Waals surface area contributed by atoms with E-state index < -0.39 is 0 Å². The first-order chi connectivity index (χ1) is 21.7. The number of esters is 2. The molecule has 1 rings (SSSR count). The van der Waals surface area contributed by atoms with E-state index in [9.17, 15) is 9.59 Å². The number of hydrogen-bond donors (Lipinski definition) is 0. The summed E-state index contributed by atoms with van der Waals surface area (Å²) in [6.45, 7) is 5.47. The number of ether oxygens (including phenoxy) is 2. The van der Waals surface area contributed by atoms with Crippen molar-refractivity contribution in [1.82, 2.24) is 0 Å². The lowest BCUT2D eigenvalue weighted by Crippen LogP contribution is -2.20. The van der Waals surface area contributed by atoms with Crippen LogP contribution >= 0.6 is 0 Å². The Bertz CT molecular complexity index is 639. The average molecular weight is 619 g/mol. The summed E-state index contributed by atoms with van der Waals surface area (Å²) in [5, 5.41) is 0. The molecule has 4 heteroatoms. The van der Waals surface area contributed by atoms with Crippen molar-refractivity contribution in [3.8, 4) is 0 Å². The van der Waals surface area contributed by atoms with Crippen molar-refractivity contribution < 1.29 is 19.1 Å². The summed E-state index contributed by atoms with van der Waals surface area (Å²) in [5.41, 5.74) is 1.15. The summed E-state index contributed by atoms with van der Waals surface area (Å²) in [5.74, 6) is -0.578. The summed E-state index contributed by atoms with van der Waals surface area (Å²) in [7, 11) is 0. The van der Waals surface area contributed by atoms with Crippen molar-refractivity contribution in [2.75, 3.05) is 13.2 Å². The minimum atomic E-state index is -0.289. The number of hydrogen-bond acceptors (Lipinski definition) is 4. The van der Waals surface area contributed by atoms with Crippen LogP contribution in [0, 0.1) is 0 Å². The van der Waals surface area contributed by atoms with Crippen LogP contribution in [0.4, 0.5) is 0 Å². The lowest BCUT2D eigenvalue weighted by atomic mass is 9.91. The number of carbonyl (C=O) groups excluding carboxylic acids is 2.